The molecule has 1 aromatic carbocycles. The third-order valence-corrected chi connectivity index (χ3v) is 1.04. The van der Waals surface area contributed by atoms with Crippen LogP contribution >= 0.6 is 0 Å². The first-order chi connectivity index (χ1) is 5.35. The van der Waals surface area contributed by atoms with E-state index in [1.165, 1.54) is 5.56 Å². The number of benzene rings is 1. The number of nitrogens with two attached hydrogens (primary N) is 1. The van der Waals surface area contributed by atoms with Gasteiger partial charge in [-0.25, -0.2) is 0 Å². The largest absolute Gasteiger partial charge is 0.331 e. The van der Waals surface area contributed by atoms with Gasteiger partial charge in [0.25, 0.3) is 0 Å². The molecule has 0 atom stereocenters. The first-order valence-corrected chi connectivity index (χ1v) is 3.72. The third kappa shape index (κ3) is 7.03. The van der Waals surface area contributed by atoms with Crippen LogP contribution in [0.15, 0.2) is 36.9 Å². The van der Waals surface area contributed by atoms with Gasteiger partial charge in [-0.3, -0.25) is 0 Å². The molecule has 1 aromatic rings. The number of hydrogen-bond donors (Lipinski definition) is 1. The molecule has 1 heteroatoms. The van der Waals surface area contributed by atoms with Crippen molar-refractivity contribution in [2.24, 2.45) is 5.73 Å². The van der Waals surface area contributed by atoms with Gasteiger partial charge in [0, 0.05) is 0 Å². The van der Waals surface area contributed by atoms with E-state index in [9.17, 15) is 0 Å². The van der Waals surface area contributed by atoms with Crippen molar-refractivity contribution < 1.29 is 0 Å². The van der Waals surface area contributed by atoms with E-state index in [4.69, 9.17) is 5.73 Å². The van der Waals surface area contributed by atoms with Crippen LogP contribution in [0.3, 0.4) is 0 Å². The minimum Gasteiger partial charge on any atom is -0.331 e. The first kappa shape index (κ1) is 13.5. The zero-order valence-electron chi connectivity index (χ0n) is 6.96. The van der Waals surface area contributed by atoms with Crippen molar-refractivity contribution in [3.8, 4) is 0 Å². The van der Waals surface area contributed by atoms with Crippen molar-refractivity contribution in [2.45, 2.75) is 14.4 Å². The SMILES string of the molecule is C.C=Cc1ccccc1.CCN. The zero-order chi connectivity index (χ0) is 8.53. The summed E-state index contributed by atoms with van der Waals surface area (Å²) in [4.78, 5) is 0. The smallest absolute Gasteiger partial charge is 0.0106 e. The Morgan fingerprint density at radius 3 is 2.00 bits per heavy atom. The summed E-state index contributed by atoms with van der Waals surface area (Å²) in [7, 11) is 0. The van der Waals surface area contributed by atoms with Crippen molar-refractivity contribution in [3.05, 3.63) is 42.5 Å². The lowest BCUT2D eigenvalue weighted by atomic mass is 10.2. The van der Waals surface area contributed by atoms with Gasteiger partial charge in [-0.05, 0) is 12.1 Å². The highest BCUT2D eigenvalue weighted by Crippen LogP contribution is 1.97. The minimum absolute atomic E-state index is 0. The van der Waals surface area contributed by atoms with E-state index in [0.717, 1.165) is 6.54 Å². The van der Waals surface area contributed by atoms with Crippen LogP contribution < -0.4 is 5.73 Å². The van der Waals surface area contributed by atoms with Crippen LogP contribution in [0.25, 0.3) is 6.08 Å². The van der Waals surface area contributed by atoms with Crippen molar-refractivity contribution in [2.75, 3.05) is 6.54 Å². The summed E-state index contributed by atoms with van der Waals surface area (Å²) in [6.07, 6.45) is 1.83. The van der Waals surface area contributed by atoms with Gasteiger partial charge in [-0.2, -0.15) is 0 Å². The van der Waals surface area contributed by atoms with Crippen molar-refractivity contribution in [1.82, 2.24) is 0 Å². The molecule has 0 spiro atoms. The van der Waals surface area contributed by atoms with Crippen LogP contribution in [-0.2, 0) is 0 Å². The highest BCUT2D eigenvalue weighted by Gasteiger charge is 1.75. The molecule has 0 aliphatic rings. The Kier molecular flexibility index (Phi) is 11.2. The summed E-state index contributed by atoms with van der Waals surface area (Å²) in [5.41, 5.74) is 6.02. The maximum atomic E-state index is 4.85. The average molecular weight is 165 g/mol. The summed E-state index contributed by atoms with van der Waals surface area (Å²) < 4.78 is 0. The molecule has 0 bridgehead atoms. The molecular weight excluding hydrogens is 146 g/mol. The molecule has 0 aliphatic carbocycles. The molecule has 0 unspecified atom stereocenters. The predicted molar refractivity (Wildman–Crippen MR) is 58.0 cm³/mol. The van der Waals surface area contributed by atoms with Crippen LogP contribution in [-0.4, -0.2) is 6.54 Å². The second-order valence-electron chi connectivity index (χ2n) is 2.02. The summed E-state index contributed by atoms with van der Waals surface area (Å²) >= 11 is 0. The van der Waals surface area contributed by atoms with Crippen LogP contribution in [0, 0.1) is 0 Å². The molecule has 0 saturated heterocycles. The molecule has 0 heterocycles. The molecule has 68 valence electrons. The lowest BCUT2D eigenvalue weighted by Crippen LogP contribution is -1.87. The molecule has 0 aromatic heterocycles. The number of hydrogen-bond acceptors (Lipinski definition) is 1. The van der Waals surface area contributed by atoms with Crippen LogP contribution in [0.4, 0.5) is 0 Å². The van der Waals surface area contributed by atoms with Crippen molar-refractivity contribution in [3.63, 3.8) is 0 Å². The van der Waals surface area contributed by atoms with E-state index >= 15 is 0 Å². The molecule has 1 rings (SSSR count). The second-order valence-corrected chi connectivity index (χ2v) is 2.02. The Labute approximate surface area is 75.9 Å². The fourth-order valence-electron chi connectivity index (χ4n) is 0.589. The fourth-order valence-corrected chi connectivity index (χ4v) is 0.589. The van der Waals surface area contributed by atoms with Gasteiger partial charge in [0.2, 0.25) is 0 Å². The van der Waals surface area contributed by atoms with Gasteiger partial charge < -0.3 is 5.73 Å². The molecule has 0 amide bonds. The molecule has 0 fully saturated rings. The molecule has 12 heavy (non-hydrogen) atoms. The van der Waals surface area contributed by atoms with Gasteiger partial charge in [0.15, 0.2) is 0 Å². The maximum Gasteiger partial charge on any atom is -0.0106 e. The van der Waals surface area contributed by atoms with Crippen molar-refractivity contribution in [1.29, 1.82) is 0 Å². The normalized spacial score (nSPS) is 7.17. The summed E-state index contributed by atoms with van der Waals surface area (Å²) in [6.45, 7) is 6.28. The van der Waals surface area contributed by atoms with Gasteiger partial charge in [-0.15, -0.1) is 0 Å². The molecule has 2 N–H and O–H groups in total. The Bertz CT molecular complexity index is 179. The van der Waals surface area contributed by atoms with Gasteiger partial charge in [0.1, 0.15) is 0 Å². The monoisotopic (exact) mass is 165 g/mol. The zero-order valence-corrected chi connectivity index (χ0v) is 6.96. The third-order valence-electron chi connectivity index (χ3n) is 1.04. The molecule has 0 aliphatic heterocycles. The lowest BCUT2D eigenvalue weighted by Gasteiger charge is -1.85. The topological polar surface area (TPSA) is 26.0 Å². The Hall–Kier alpha value is -1.08. The first-order valence-electron chi connectivity index (χ1n) is 3.72. The minimum atomic E-state index is 0. The van der Waals surface area contributed by atoms with E-state index < -0.39 is 0 Å². The summed E-state index contributed by atoms with van der Waals surface area (Å²) in [5, 5.41) is 0. The summed E-state index contributed by atoms with van der Waals surface area (Å²) in [6, 6.07) is 10.0. The Balaban J connectivity index is 0. The molecular formula is C11H19N. The van der Waals surface area contributed by atoms with Crippen molar-refractivity contribution >= 4 is 6.08 Å². The van der Waals surface area contributed by atoms with Gasteiger partial charge >= 0.3 is 0 Å². The highest BCUT2D eigenvalue weighted by molar-refractivity contribution is 5.45. The molecule has 1 nitrogen and oxygen atoms in total. The average Bonchev–Trinajstić information content (AvgIpc) is 2.08. The molecule has 0 saturated carbocycles. The highest BCUT2D eigenvalue weighted by atomic mass is 14.5. The van der Waals surface area contributed by atoms with E-state index in [0.29, 0.717) is 0 Å². The van der Waals surface area contributed by atoms with E-state index in [-0.39, 0.29) is 7.43 Å². The van der Waals surface area contributed by atoms with Crippen LogP contribution in [0.5, 0.6) is 0 Å². The lowest BCUT2D eigenvalue weighted by molar-refractivity contribution is 1.14. The molecule has 0 radical (unpaired) electrons. The van der Waals surface area contributed by atoms with Crippen LogP contribution in [0.2, 0.25) is 0 Å². The number of rotatable bonds is 1. The summed E-state index contributed by atoms with van der Waals surface area (Å²) in [5.74, 6) is 0. The van der Waals surface area contributed by atoms with E-state index in [2.05, 4.69) is 6.58 Å². The van der Waals surface area contributed by atoms with Crippen LogP contribution in [0.1, 0.15) is 19.9 Å². The second kappa shape index (κ2) is 9.92. The van der Waals surface area contributed by atoms with Gasteiger partial charge in [0.05, 0.1) is 0 Å². The van der Waals surface area contributed by atoms with Gasteiger partial charge in [-0.1, -0.05) is 57.3 Å². The standard InChI is InChI=1S/C8H8.C2H7N.CH4/c1-2-8-6-4-3-5-7-8;1-2-3;/h2-7H,1H2;2-3H2,1H3;1H4. The Morgan fingerprint density at radius 1 is 1.33 bits per heavy atom. The van der Waals surface area contributed by atoms with E-state index in [1.54, 1.807) is 0 Å². The predicted octanol–water partition coefficient (Wildman–Crippen LogP) is 2.93. The Morgan fingerprint density at radius 2 is 1.75 bits per heavy atom. The fraction of sp³-hybridized carbons (Fsp3) is 0.273. The maximum absolute atomic E-state index is 4.85. The van der Waals surface area contributed by atoms with E-state index in [1.807, 2.05) is 43.3 Å². The quantitative estimate of drug-likeness (QED) is 0.680.